The van der Waals surface area contributed by atoms with Gasteiger partial charge in [-0.25, -0.2) is 0 Å². The Labute approximate surface area is 124 Å². The zero-order chi connectivity index (χ0) is 15.1. The summed E-state index contributed by atoms with van der Waals surface area (Å²) < 4.78 is 11.1. The van der Waals surface area contributed by atoms with E-state index in [0.717, 1.165) is 12.0 Å². The Bertz CT molecular complexity index is 458. The van der Waals surface area contributed by atoms with Gasteiger partial charge in [-0.1, -0.05) is 35.5 Å². The van der Waals surface area contributed by atoms with Crippen LogP contribution in [0.15, 0.2) is 35.5 Å². The van der Waals surface area contributed by atoms with E-state index in [1.54, 1.807) is 7.11 Å². The summed E-state index contributed by atoms with van der Waals surface area (Å²) in [5, 5.41) is 15.3. The van der Waals surface area contributed by atoms with Crippen molar-refractivity contribution < 1.29 is 14.7 Å². The van der Waals surface area contributed by atoms with E-state index in [4.69, 9.17) is 20.4 Å². The Morgan fingerprint density at radius 2 is 2.29 bits per heavy atom. The summed E-state index contributed by atoms with van der Waals surface area (Å²) >= 11 is 0. The smallest absolute Gasteiger partial charge is 0.141 e. The Hall–Kier alpha value is -1.63. The maximum atomic E-state index is 8.80. The number of ether oxygens (including phenoxy) is 2. The average molecular weight is 293 g/mol. The van der Waals surface area contributed by atoms with Crippen LogP contribution in [-0.2, 0) is 9.47 Å². The number of hydrogen-bond donors (Lipinski definition) is 3. The summed E-state index contributed by atoms with van der Waals surface area (Å²) in [6, 6.07) is 9.92. The van der Waals surface area contributed by atoms with Gasteiger partial charge in [0.2, 0.25) is 0 Å². The molecule has 0 aliphatic carbocycles. The van der Waals surface area contributed by atoms with E-state index >= 15 is 0 Å². The van der Waals surface area contributed by atoms with E-state index in [1.165, 1.54) is 0 Å². The highest BCUT2D eigenvalue weighted by Crippen LogP contribution is 2.24. The summed E-state index contributed by atoms with van der Waals surface area (Å²) in [4.78, 5) is 0. The molecule has 0 spiro atoms. The Balaban J connectivity index is 2.05. The number of methoxy groups -OCH3 is 1. The normalized spacial score (nSPS) is 24.1. The van der Waals surface area contributed by atoms with Gasteiger partial charge < -0.3 is 25.7 Å². The van der Waals surface area contributed by atoms with Crippen molar-refractivity contribution in [2.24, 2.45) is 10.9 Å². The number of benzene rings is 1. The lowest BCUT2D eigenvalue weighted by Crippen LogP contribution is -2.44. The number of hydrogen-bond acceptors (Lipinski definition) is 5. The molecular weight excluding hydrogens is 270 g/mol. The standard InChI is InChI=1S/C15H23N3O3/c1-20-15(7-8-21-11-15)10-17-13(9-14(16)18-19)12-5-3-2-4-6-12/h2-6,13,17,19H,7-11H2,1H3,(H2,16,18). The molecule has 2 atom stereocenters. The van der Waals surface area contributed by atoms with Gasteiger partial charge in [0.05, 0.1) is 6.61 Å². The van der Waals surface area contributed by atoms with Crippen LogP contribution in [0.1, 0.15) is 24.4 Å². The molecule has 1 saturated heterocycles. The van der Waals surface area contributed by atoms with Crippen molar-refractivity contribution in [2.75, 3.05) is 26.9 Å². The van der Waals surface area contributed by atoms with Crippen molar-refractivity contribution >= 4 is 5.84 Å². The first-order valence-electron chi connectivity index (χ1n) is 7.07. The molecule has 4 N–H and O–H groups in total. The third kappa shape index (κ3) is 4.17. The van der Waals surface area contributed by atoms with Crippen LogP contribution in [0, 0.1) is 0 Å². The van der Waals surface area contributed by atoms with Crippen LogP contribution in [0.5, 0.6) is 0 Å². The van der Waals surface area contributed by atoms with Gasteiger partial charge in [0.1, 0.15) is 11.4 Å². The van der Waals surface area contributed by atoms with Gasteiger partial charge in [0.15, 0.2) is 0 Å². The topological polar surface area (TPSA) is 89.1 Å². The number of amidine groups is 1. The lowest BCUT2D eigenvalue weighted by Gasteiger charge is -2.29. The van der Waals surface area contributed by atoms with E-state index < -0.39 is 0 Å². The minimum Gasteiger partial charge on any atom is -0.409 e. The Morgan fingerprint density at radius 1 is 1.52 bits per heavy atom. The van der Waals surface area contributed by atoms with Gasteiger partial charge in [-0.2, -0.15) is 0 Å². The van der Waals surface area contributed by atoms with Crippen molar-refractivity contribution in [3.05, 3.63) is 35.9 Å². The van der Waals surface area contributed by atoms with E-state index in [-0.39, 0.29) is 17.5 Å². The molecule has 1 aliphatic heterocycles. The second kappa shape index (κ2) is 7.40. The highest BCUT2D eigenvalue weighted by Gasteiger charge is 2.35. The molecule has 0 radical (unpaired) electrons. The molecule has 0 bridgehead atoms. The summed E-state index contributed by atoms with van der Waals surface area (Å²) in [6.45, 7) is 1.95. The first kappa shape index (κ1) is 15.8. The number of nitrogens with zero attached hydrogens (tertiary/aromatic N) is 1. The Morgan fingerprint density at radius 3 is 2.86 bits per heavy atom. The van der Waals surface area contributed by atoms with E-state index in [2.05, 4.69) is 10.5 Å². The van der Waals surface area contributed by atoms with Gasteiger partial charge >= 0.3 is 0 Å². The molecule has 1 aliphatic rings. The van der Waals surface area contributed by atoms with Crippen molar-refractivity contribution in [3.8, 4) is 0 Å². The molecule has 1 fully saturated rings. The largest absolute Gasteiger partial charge is 0.409 e. The lowest BCUT2D eigenvalue weighted by atomic mass is 9.99. The second-order valence-corrected chi connectivity index (χ2v) is 5.33. The lowest BCUT2D eigenvalue weighted by molar-refractivity contribution is -0.0174. The van der Waals surface area contributed by atoms with Crippen LogP contribution in [0.4, 0.5) is 0 Å². The first-order chi connectivity index (χ1) is 10.2. The predicted octanol–water partition coefficient (Wildman–Crippen LogP) is 1.26. The molecule has 21 heavy (non-hydrogen) atoms. The van der Waals surface area contributed by atoms with Crippen LogP contribution < -0.4 is 11.1 Å². The fraction of sp³-hybridized carbons (Fsp3) is 0.533. The van der Waals surface area contributed by atoms with Crippen molar-refractivity contribution in [3.63, 3.8) is 0 Å². The van der Waals surface area contributed by atoms with E-state index in [0.29, 0.717) is 26.2 Å². The van der Waals surface area contributed by atoms with E-state index in [1.807, 2.05) is 30.3 Å². The maximum absolute atomic E-state index is 8.80. The number of nitrogens with one attached hydrogen (secondary N) is 1. The second-order valence-electron chi connectivity index (χ2n) is 5.33. The minimum atomic E-state index is -0.294. The fourth-order valence-corrected chi connectivity index (χ4v) is 2.51. The molecule has 1 aromatic rings. The van der Waals surface area contributed by atoms with Crippen LogP contribution in [-0.4, -0.2) is 43.5 Å². The molecule has 0 amide bonds. The molecule has 0 aromatic heterocycles. The van der Waals surface area contributed by atoms with Crippen LogP contribution in [0.2, 0.25) is 0 Å². The zero-order valence-electron chi connectivity index (χ0n) is 12.3. The number of oxime groups is 1. The minimum absolute atomic E-state index is 0.0327. The number of nitrogens with two attached hydrogens (primary N) is 1. The van der Waals surface area contributed by atoms with Crippen LogP contribution in [0.25, 0.3) is 0 Å². The molecule has 1 heterocycles. The van der Waals surface area contributed by atoms with Crippen LogP contribution in [0.3, 0.4) is 0 Å². The summed E-state index contributed by atoms with van der Waals surface area (Å²) in [5.41, 5.74) is 6.46. The van der Waals surface area contributed by atoms with Gasteiger partial charge in [-0.05, 0) is 5.56 Å². The predicted molar refractivity (Wildman–Crippen MR) is 80.4 cm³/mol. The fourth-order valence-electron chi connectivity index (χ4n) is 2.51. The maximum Gasteiger partial charge on any atom is 0.141 e. The first-order valence-corrected chi connectivity index (χ1v) is 7.07. The number of rotatable bonds is 7. The highest BCUT2D eigenvalue weighted by atomic mass is 16.5. The summed E-state index contributed by atoms with van der Waals surface area (Å²) in [7, 11) is 1.71. The quantitative estimate of drug-likeness (QED) is 0.305. The van der Waals surface area contributed by atoms with Crippen LogP contribution >= 0.6 is 0 Å². The summed E-state index contributed by atoms with van der Waals surface area (Å²) in [5.74, 6) is 0.200. The molecule has 0 saturated carbocycles. The van der Waals surface area contributed by atoms with Crippen molar-refractivity contribution in [1.82, 2.24) is 5.32 Å². The molecule has 2 rings (SSSR count). The van der Waals surface area contributed by atoms with E-state index in [9.17, 15) is 0 Å². The molecule has 6 heteroatoms. The van der Waals surface area contributed by atoms with Gasteiger partial charge in [-0.3, -0.25) is 0 Å². The summed E-state index contributed by atoms with van der Waals surface area (Å²) in [6.07, 6.45) is 1.29. The highest BCUT2D eigenvalue weighted by molar-refractivity contribution is 5.80. The Kier molecular flexibility index (Phi) is 5.55. The third-order valence-electron chi connectivity index (χ3n) is 3.91. The van der Waals surface area contributed by atoms with Gasteiger partial charge in [0, 0.05) is 39.1 Å². The molecule has 1 aromatic carbocycles. The van der Waals surface area contributed by atoms with Crippen molar-refractivity contribution in [1.29, 1.82) is 0 Å². The van der Waals surface area contributed by atoms with Gasteiger partial charge in [0.25, 0.3) is 0 Å². The molecule has 6 nitrogen and oxygen atoms in total. The molecule has 2 unspecified atom stereocenters. The molecular formula is C15H23N3O3. The monoisotopic (exact) mass is 293 g/mol. The van der Waals surface area contributed by atoms with Gasteiger partial charge in [-0.15, -0.1) is 0 Å². The SMILES string of the molecule is COC1(CNC(C/C(N)=N/O)c2ccccc2)CCOC1. The molecule has 116 valence electrons. The zero-order valence-corrected chi connectivity index (χ0v) is 12.3. The van der Waals surface area contributed by atoms with Crippen molar-refractivity contribution in [2.45, 2.75) is 24.5 Å². The third-order valence-corrected chi connectivity index (χ3v) is 3.91. The average Bonchev–Trinajstić information content (AvgIpc) is 3.01.